The molecule has 0 amide bonds. The molecule has 0 atom stereocenters. The van der Waals surface area contributed by atoms with E-state index in [4.69, 9.17) is 4.74 Å². The summed E-state index contributed by atoms with van der Waals surface area (Å²) in [6.45, 7) is -1.29. The van der Waals surface area contributed by atoms with Crippen molar-refractivity contribution >= 4 is 0 Å². The molecule has 1 aromatic rings. The highest BCUT2D eigenvalue weighted by Gasteiger charge is 2.53. The lowest BCUT2D eigenvalue weighted by molar-refractivity contribution is -0.372. The zero-order chi connectivity index (χ0) is 21.9. The van der Waals surface area contributed by atoms with E-state index in [-0.39, 0.29) is 50.4 Å². The Kier molecular flexibility index (Phi) is 7.34. The standard InChI is InChI=1S/C18H20F9NO/c19-14-4-3-12(2-1-9-28(17(22,23)24)18(25,26)27)10-15(14)29-11-13-5-7-16(20,21)8-6-13/h3-4,10,13H,1-2,5-9,11H2. The van der Waals surface area contributed by atoms with Crippen molar-refractivity contribution in [2.24, 2.45) is 5.92 Å². The third-order valence-corrected chi connectivity index (χ3v) is 4.77. The zero-order valence-corrected chi connectivity index (χ0v) is 15.2. The fourth-order valence-electron chi connectivity index (χ4n) is 3.13. The number of hydrogen-bond acceptors (Lipinski definition) is 2. The monoisotopic (exact) mass is 437 g/mol. The second-order valence-corrected chi connectivity index (χ2v) is 7.07. The van der Waals surface area contributed by atoms with Crippen molar-refractivity contribution in [3.63, 3.8) is 0 Å². The molecule has 0 unspecified atom stereocenters. The molecule has 29 heavy (non-hydrogen) atoms. The highest BCUT2D eigenvalue weighted by Crippen LogP contribution is 2.37. The van der Waals surface area contributed by atoms with E-state index in [0.29, 0.717) is 5.56 Å². The van der Waals surface area contributed by atoms with Crippen LogP contribution in [0.2, 0.25) is 0 Å². The quantitative estimate of drug-likeness (QED) is 0.367. The van der Waals surface area contributed by atoms with Gasteiger partial charge in [-0.1, -0.05) is 6.07 Å². The lowest BCUT2D eigenvalue weighted by Crippen LogP contribution is -2.48. The Hall–Kier alpha value is -1.65. The predicted molar refractivity (Wildman–Crippen MR) is 85.9 cm³/mol. The summed E-state index contributed by atoms with van der Waals surface area (Å²) in [5, 5.41) is 0. The maximum Gasteiger partial charge on any atom is 0.467 e. The summed E-state index contributed by atoms with van der Waals surface area (Å²) in [6, 6.07) is 3.46. The third kappa shape index (κ3) is 7.27. The largest absolute Gasteiger partial charge is 0.490 e. The lowest BCUT2D eigenvalue weighted by atomic mass is 9.87. The number of benzene rings is 1. The van der Waals surface area contributed by atoms with Crippen LogP contribution in [0.15, 0.2) is 18.2 Å². The molecular formula is C18H20F9NO. The van der Waals surface area contributed by atoms with Gasteiger partial charge in [0.25, 0.3) is 0 Å². The van der Waals surface area contributed by atoms with Gasteiger partial charge in [-0.3, -0.25) is 0 Å². The van der Waals surface area contributed by atoms with Crippen LogP contribution in [0.5, 0.6) is 5.75 Å². The van der Waals surface area contributed by atoms with Crippen molar-refractivity contribution in [1.82, 2.24) is 4.90 Å². The van der Waals surface area contributed by atoms with Crippen LogP contribution in [0.4, 0.5) is 39.5 Å². The van der Waals surface area contributed by atoms with Crippen LogP contribution in [0, 0.1) is 11.7 Å². The van der Waals surface area contributed by atoms with Crippen LogP contribution < -0.4 is 4.74 Å². The summed E-state index contributed by atoms with van der Waals surface area (Å²) >= 11 is 0. The van der Waals surface area contributed by atoms with E-state index in [1.165, 1.54) is 12.1 Å². The van der Waals surface area contributed by atoms with Crippen molar-refractivity contribution in [3.8, 4) is 5.75 Å². The molecule has 1 saturated carbocycles. The lowest BCUT2D eigenvalue weighted by Gasteiger charge is -2.28. The van der Waals surface area contributed by atoms with Gasteiger partial charge in [-0.25, -0.2) is 13.2 Å². The maximum atomic E-state index is 13.9. The Morgan fingerprint density at radius 3 is 2.14 bits per heavy atom. The Balaban J connectivity index is 1.90. The molecule has 0 aliphatic heterocycles. The molecule has 0 heterocycles. The molecule has 2 nitrogen and oxygen atoms in total. The van der Waals surface area contributed by atoms with Gasteiger partial charge in [-0.2, -0.15) is 26.3 Å². The summed E-state index contributed by atoms with van der Waals surface area (Å²) in [7, 11) is 0. The predicted octanol–water partition coefficient (Wildman–Crippen LogP) is 6.30. The molecule has 11 heteroatoms. The fraction of sp³-hybridized carbons (Fsp3) is 0.667. The minimum absolute atomic E-state index is 0.00633. The molecule has 1 aromatic carbocycles. The molecule has 0 bridgehead atoms. The van der Waals surface area contributed by atoms with E-state index in [1.54, 1.807) is 0 Å². The Labute approximate surface area is 161 Å². The number of halogens is 9. The zero-order valence-electron chi connectivity index (χ0n) is 15.2. The number of nitrogens with zero attached hydrogens (tertiary/aromatic N) is 1. The van der Waals surface area contributed by atoms with Gasteiger partial charge in [0, 0.05) is 19.4 Å². The molecule has 0 aromatic heterocycles. The molecule has 1 fully saturated rings. The van der Waals surface area contributed by atoms with Crippen LogP contribution >= 0.6 is 0 Å². The van der Waals surface area contributed by atoms with Crippen LogP contribution in [-0.2, 0) is 6.42 Å². The SMILES string of the molecule is Fc1ccc(CCCN(C(F)(F)F)C(F)(F)F)cc1OCC1CCC(F)(F)CC1. The average molecular weight is 437 g/mol. The van der Waals surface area contributed by atoms with Crippen molar-refractivity contribution in [2.75, 3.05) is 13.2 Å². The maximum absolute atomic E-state index is 13.9. The van der Waals surface area contributed by atoms with E-state index in [1.807, 2.05) is 0 Å². The van der Waals surface area contributed by atoms with Crippen LogP contribution in [0.3, 0.4) is 0 Å². The van der Waals surface area contributed by atoms with Gasteiger partial charge in [0.1, 0.15) is 0 Å². The Bertz CT molecular complexity index is 648. The average Bonchev–Trinajstić information content (AvgIpc) is 2.57. The van der Waals surface area contributed by atoms with Crippen LogP contribution in [-0.4, -0.2) is 36.6 Å². The van der Waals surface area contributed by atoms with E-state index < -0.39 is 42.2 Å². The molecule has 0 N–H and O–H groups in total. The smallest absolute Gasteiger partial charge is 0.467 e. The molecule has 166 valence electrons. The van der Waals surface area contributed by atoms with E-state index in [2.05, 4.69) is 0 Å². The molecule has 0 spiro atoms. The normalized spacial score (nSPS) is 18.3. The fourth-order valence-corrected chi connectivity index (χ4v) is 3.13. The third-order valence-electron chi connectivity index (χ3n) is 4.77. The Morgan fingerprint density at radius 1 is 1.00 bits per heavy atom. The summed E-state index contributed by atoms with van der Waals surface area (Å²) in [5.41, 5.74) is 0.306. The summed E-state index contributed by atoms with van der Waals surface area (Å²) < 4.78 is 120. The number of aryl methyl sites for hydroxylation is 1. The van der Waals surface area contributed by atoms with Gasteiger partial charge in [-0.05, 0) is 49.3 Å². The number of hydrogen-bond donors (Lipinski definition) is 0. The molecular weight excluding hydrogens is 417 g/mol. The highest BCUT2D eigenvalue weighted by molar-refractivity contribution is 5.30. The summed E-state index contributed by atoms with van der Waals surface area (Å²) in [5.74, 6) is -3.84. The van der Waals surface area contributed by atoms with Gasteiger partial charge < -0.3 is 4.74 Å². The van der Waals surface area contributed by atoms with Crippen molar-refractivity contribution in [1.29, 1.82) is 0 Å². The molecule has 1 aliphatic rings. The molecule has 2 rings (SSSR count). The van der Waals surface area contributed by atoms with Gasteiger partial charge >= 0.3 is 12.6 Å². The van der Waals surface area contributed by atoms with E-state index >= 15 is 0 Å². The summed E-state index contributed by atoms with van der Waals surface area (Å²) in [4.78, 5) is -1.51. The van der Waals surface area contributed by atoms with E-state index in [9.17, 15) is 39.5 Å². The number of alkyl halides is 8. The van der Waals surface area contributed by atoms with Crippen molar-refractivity contribution in [3.05, 3.63) is 29.6 Å². The minimum atomic E-state index is -5.55. The van der Waals surface area contributed by atoms with Crippen LogP contribution in [0.25, 0.3) is 0 Å². The number of ether oxygens (including phenoxy) is 1. The van der Waals surface area contributed by atoms with Crippen molar-refractivity contribution in [2.45, 2.75) is 57.0 Å². The molecule has 1 aliphatic carbocycles. The van der Waals surface area contributed by atoms with Gasteiger partial charge in [0.05, 0.1) is 6.61 Å². The van der Waals surface area contributed by atoms with Crippen LogP contribution in [0.1, 0.15) is 37.7 Å². The van der Waals surface area contributed by atoms with Gasteiger partial charge in [-0.15, -0.1) is 4.90 Å². The van der Waals surface area contributed by atoms with E-state index in [0.717, 1.165) is 6.07 Å². The topological polar surface area (TPSA) is 12.5 Å². The second kappa shape index (κ2) is 9.01. The molecule has 0 radical (unpaired) electrons. The highest BCUT2D eigenvalue weighted by atomic mass is 19.4. The second-order valence-electron chi connectivity index (χ2n) is 7.07. The minimum Gasteiger partial charge on any atom is -0.490 e. The first kappa shape index (κ1) is 23.6. The first-order chi connectivity index (χ1) is 13.3. The first-order valence-corrected chi connectivity index (χ1v) is 8.98. The Morgan fingerprint density at radius 2 is 1.59 bits per heavy atom. The number of rotatable bonds is 7. The summed E-state index contributed by atoms with van der Waals surface area (Å²) in [6.07, 6.45) is -11.8. The van der Waals surface area contributed by atoms with Crippen molar-refractivity contribution < 1.29 is 44.3 Å². The van der Waals surface area contributed by atoms with Gasteiger partial charge in [0.2, 0.25) is 5.92 Å². The van der Waals surface area contributed by atoms with Gasteiger partial charge in [0.15, 0.2) is 11.6 Å². The molecule has 0 saturated heterocycles. The first-order valence-electron chi connectivity index (χ1n) is 8.98.